The smallest absolute Gasteiger partial charge is 0.255 e. The summed E-state index contributed by atoms with van der Waals surface area (Å²) in [6.45, 7) is 2.99. The molecule has 0 aliphatic carbocycles. The fourth-order valence-corrected chi connectivity index (χ4v) is 5.00. The monoisotopic (exact) mass is 436 g/mol. The van der Waals surface area contributed by atoms with Crippen molar-refractivity contribution in [3.05, 3.63) is 64.7 Å². The zero-order valence-corrected chi connectivity index (χ0v) is 17.7. The first kappa shape index (κ1) is 20.8. The maximum Gasteiger partial charge on any atom is 0.255 e. The molecular formula is C24H25FN4O3. The van der Waals surface area contributed by atoms with Crippen molar-refractivity contribution in [1.82, 2.24) is 20.1 Å². The lowest BCUT2D eigenvalue weighted by atomic mass is 9.88. The average molecular weight is 436 g/mol. The largest absolute Gasteiger partial charge is 0.322 e. The van der Waals surface area contributed by atoms with Gasteiger partial charge in [-0.15, -0.1) is 0 Å². The van der Waals surface area contributed by atoms with E-state index in [1.54, 1.807) is 11.0 Å². The lowest BCUT2D eigenvalue weighted by Gasteiger charge is -2.32. The van der Waals surface area contributed by atoms with Crippen LogP contribution in [0.3, 0.4) is 0 Å². The van der Waals surface area contributed by atoms with Crippen LogP contribution in [-0.4, -0.2) is 51.6 Å². The Balaban J connectivity index is 1.22. The fourth-order valence-electron chi connectivity index (χ4n) is 5.00. The number of likely N-dealkylation sites (tertiary alicyclic amines) is 1. The van der Waals surface area contributed by atoms with Gasteiger partial charge in [-0.25, -0.2) is 4.39 Å². The number of carbonyl (C=O) groups excluding carboxylic acids is 3. The predicted molar refractivity (Wildman–Crippen MR) is 114 cm³/mol. The van der Waals surface area contributed by atoms with Crippen LogP contribution in [0.2, 0.25) is 0 Å². The molecule has 1 atom stereocenters. The topological polar surface area (TPSA) is 82.6 Å². The molecule has 0 bridgehead atoms. The normalized spacial score (nSPS) is 22.2. The summed E-state index contributed by atoms with van der Waals surface area (Å²) in [5.74, 6) is -0.705. The molecule has 2 fully saturated rings. The van der Waals surface area contributed by atoms with Gasteiger partial charge in [0.15, 0.2) is 0 Å². The fraction of sp³-hybridized carbons (Fsp3) is 0.417. The second-order valence-corrected chi connectivity index (χ2v) is 8.83. The number of hydrogen-bond donors (Lipinski definition) is 1. The van der Waals surface area contributed by atoms with Crippen LogP contribution in [0, 0.1) is 5.82 Å². The van der Waals surface area contributed by atoms with Crippen molar-refractivity contribution in [3.8, 4) is 0 Å². The highest BCUT2D eigenvalue weighted by Crippen LogP contribution is 2.33. The van der Waals surface area contributed by atoms with Crippen LogP contribution in [0.1, 0.15) is 58.8 Å². The van der Waals surface area contributed by atoms with Crippen LogP contribution >= 0.6 is 0 Å². The lowest BCUT2D eigenvalue weighted by molar-refractivity contribution is -0.136. The number of nitrogens with zero attached hydrogens (tertiary/aromatic N) is 3. The van der Waals surface area contributed by atoms with Crippen molar-refractivity contribution in [2.45, 2.75) is 50.7 Å². The molecule has 0 radical (unpaired) electrons. The number of nitrogens with one attached hydrogen (secondary N) is 1. The van der Waals surface area contributed by atoms with E-state index >= 15 is 0 Å². The van der Waals surface area contributed by atoms with E-state index in [2.05, 4.69) is 21.3 Å². The van der Waals surface area contributed by atoms with E-state index in [4.69, 9.17) is 0 Å². The maximum atomic E-state index is 13.1. The van der Waals surface area contributed by atoms with E-state index < -0.39 is 6.04 Å². The van der Waals surface area contributed by atoms with Gasteiger partial charge in [0.2, 0.25) is 11.8 Å². The molecule has 4 heterocycles. The molecular weight excluding hydrogens is 411 g/mol. The summed E-state index contributed by atoms with van der Waals surface area (Å²) in [7, 11) is 0. The summed E-state index contributed by atoms with van der Waals surface area (Å²) < 4.78 is 13.1. The van der Waals surface area contributed by atoms with E-state index in [1.165, 1.54) is 17.8 Å². The molecule has 2 aromatic rings. The number of carbonyl (C=O) groups is 3. The standard InChI is InChI=1S/C24H25FN4O3/c25-18-2-3-19(26-12-18)14-28-9-7-15(8-10-28)16-1-4-20-17(11-16)13-29(24(20)32)21-5-6-22(30)27-23(21)31/h1-4,11-12,15,21H,5-10,13-14H2,(H,27,30,31). The zero-order chi connectivity index (χ0) is 22.2. The number of benzene rings is 1. The Labute approximate surface area is 185 Å². The molecule has 32 heavy (non-hydrogen) atoms. The molecule has 1 N–H and O–H groups in total. The summed E-state index contributed by atoms with van der Waals surface area (Å²) in [4.78, 5) is 44.6. The molecule has 1 aromatic carbocycles. The quantitative estimate of drug-likeness (QED) is 0.744. The van der Waals surface area contributed by atoms with E-state index in [-0.39, 0.29) is 30.0 Å². The number of halogens is 1. The first-order valence-corrected chi connectivity index (χ1v) is 11.1. The predicted octanol–water partition coefficient (Wildman–Crippen LogP) is 2.36. The van der Waals surface area contributed by atoms with Crippen LogP contribution in [0.4, 0.5) is 4.39 Å². The average Bonchev–Trinajstić information content (AvgIpc) is 3.11. The number of amides is 3. The highest BCUT2D eigenvalue weighted by Gasteiger charge is 2.39. The van der Waals surface area contributed by atoms with Crippen molar-refractivity contribution in [2.24, 2.45) is 0 Å². The number of imide groups is 1. The minimum atomic E-state index is -0.584. The minimum Gasteiger partial charge on any atom is -0.322 e. The highest BCUT2D eigenvalue weighted by atomic mass is 19.1. The molecule has 0 spiro atoms. The van der Waals surface area contributed by atoms with Gasteiger partial charge in [-0.05, 0) is 67.6 Å². The third kappa shape index (κ3) is 4.02. The second kappa shape index (κ2) is 8.43. The van der Waals surface area contributed by atoms with E-state index in [0.29, 0.717) is 31.0 Å². The van der Waals surface area contributed by atoms with E-state index in [1.807, 2.05) is 12.1 Å². The number of rotatable bonds is 4. The second-order valence-electron chi connectivity index (χ2n) is 8.83. The highest BCUT2D eigenvalue weighted by molar-refractivity contribution is 6.05. The Kier molecular flexibility index (Phi) is 5.46. The molecule has 3 amide bonds. The van der Waals surface area contributed by atoms with Gasteiger partial charge in [0.25, 0.3) is 5.91 Å². The molecule has 2 saturated heterocycles. The molecule has 8 heteroatoms. The lowest BCUT2D eigenvalue weighted by Crippen LogP contribution is -2.52. The summed E-state index contributed by atoms with van der Waals surface area (Å²) in [6.07, 6.45) is 3.90. The Bertz CT molecular complexity index is 1060. The van der Waals surface area contributed by atoms with Crippen LogP contribution in [0.25, 0.3) is 0 Å². The molecule has 5 rings (SSSR count). The van der Waals surface area contributed by atoms with Gasteiger partial charge < -0.3 is 4.90 Å². The Morgan fingerprint density at radius 2 is 1.88 bits per heavy atom. The Morgan fingerprint density at radius 3 is 2.59 bits per heavy atom. The molecule has 1 unspecified atom stereocenters. The SMILES string of the molecule is O=C1CCC(N2Cc3cc(C4CCN(Cc5ccc(F)cn5)CC4)ccc3C2=O)C(=O)N1. The number of pyridine rings is 1. The third-order valence-corrected chi connectivity index (χ3v) is 6.78. The van der Waals surface area contributed by atoms with Gasteiger partial charge in [-0.3, -0.25) is 29.6 Å². The van der Waals surface area contributed by atoms with Gasteiger partial charge in [0, 0.05) is 25.1 Å². The molecule has 3 aliphatic rings. The van der Waals surface area contributed by atoms with Crippen LogP contribution in [-0.2, 0) is 22.7 Å². The summed E-state index contributed by atoms with van der Waals surface area (Å²) >= 11 is 0. The van der Waals surface area contributed by atoms with Crippen LogP contribution in [0.15, 0.2) is 36.5 Å². The van der Waals surface area contributed by atoms with Crippen molar-refractivity contribution in [3.63, 3.8) is 0 Å². The summed E-state index contributed by atoms with van der Waals surface area (Å²) in [5, 5.41) is 2.34. The van der Waals surface area contributed by atoms with Gasteiger partial charge >= 0.3 is 0 Å². The Morgan fingerprint density at radius 1 is 1.06 bits per heavy atom. The van der Waals surface area contributed by atoms with Crippen LogP contribution in [0.5, 0.6) is 0 Å². The van der Waals surface area contributed by atoms with Crippen molar-refractivity contribution in [1.29, 1.82) is 0 Å². The molecule has 166 valence electrons. The van der Waals surface area contributed by atoms with Crippen molar-refractivity contribution in [2.75, 3.05) is 13.1 Å². The third-order valence-electron chi connectivity index (χ3n) is 6.78. The minimum absolute atomic E-state index is 0.136. The molecule has 3 aliphatic heterocycles. The number of piperidine rings is 2. The first-order valence-electron chi connectivity index (χ1n) is 11.1. The van der Waals surface area contributed by atoms with Gasteiger partial charge in [-0.1, -0.05) is 12.1 Å². The maximum absolute atomic E-state index is 13.1. The number of hydrogen-bond acceptors (Lipinski definition) is 5. The van der Waals surface area contributed by atoms with Crippen molar-refractivity contribution < 1.29 is 18.8 Å². The van der Waals surface area contributed by atoms with Crippen molar-refractivity contribution >= 4 is 17.7 Å². The van der Waals surface area contributed by atoms with Crippen LogP contribution < -0.4 is 5.32 Å². The van der Waals surface area contributed by atoms with E-state index in [0.717, 1.165) is 37.2 Å². The molecule has 0 saturated carbocycles. The number of aromatic nitrogens is 1. The summed E-state index contributed by atoms with van der Waals surface area (Å²) in [5.41, 5.74) is 3.70. The van der Waals surface area contributed by atoms with E-state index in [9.17, 15) is 18.8 Å². The Hall–Kier alpha value is -3.13. The number of fused-ring (bicyclic) bond motifs is 1. The molecule has 1 aromatic heterocycles. The van der Waals surface area contributed by atoms with Gasteiger partial charge in [0.05, 0.1) is 11.9 Å². The zero-order valence-electron chi connectivity index (χ0n) is 17.7. The first-order chi connectivity index (χ1) is 15.5. The molecule has 7 nitrogen and oxygen atoms in total. The summed E-state index contributed by atoms with van der Waals surface area (Å²) in [6, 6.07) is 8.62. The van der Waals surface area contributed by atoms with Gasteiger partial charge in [0.1, 0.15) is 11.9 Å². The van der Waals surface area contributed by atoms with Gasteiger partial charge in [-0.2, -0.15) is 0 Å².